The third-order valence-electron chi connectivity index (χ3n) is 5.49. The molecule has 1 aliphatic carbocycles. The second-order valence-electron chi connectivity index (χ2n) is 7.51. The number of benzene rings is 1. The average Bonchev–Trinajstić information content (AvgIpc) is 3.21. The lowest BCUT2D eigenvalue weighted by Crippen LogP contribution is -2.46. The number of hydrogen-bond donors (Lipinski definition) is 2. The fourth-order valence-corrected chi connectivity index (χ4v) is 4.16. The van der Waals surface area contributed by atoms with Crippen LogP contribution < -0.4 is 15.5 Å². The maximum absolute atomic E-state index is 11.7. The Kier molecular flexibility index (Phi) is 5.30. The van der Waals surface area contributed by atoms with E-state index < -0.39 is 0 Å². The first-order chi connectivity index (χ1) is 12.1. The first-order valence-electron chi connectivity index (χ1n) is 9.43. The molecule has 0 bridgehead atoms. The monoisotopic (exact) mass is 342 g/mol. The van der Waals surface area contributed by atoms with Crippen LogP contribution in [0.3, 0.4) is 0 Å². The highest BCUT2D eigenvalue weighted by atomic mass is 16.1. The Hall–Kier alpha value is -2.04. The highest BCUT2D eigenvalue weighted by Crippen LogP contribution is 2.50. The number of nitrogens with zero attached hydrogens (tertiary/aromatic N) is 2. The second kappa shape index (κ2) is 7.46. The van der Waals surface area contributed by atoms with Crippen molar-refractivity contribution in [1.29, 1.82) is 0 Å². The van der Waals surface area contributed by atoms with E-state index in [0.29, 0.717) is 18.5 Å². The first kappa shape index (κ1) is 17.8. The molecule has 1 aliphatic heterocycles. The molecule has 3 rings (SSSR count). The van der Waals surface area contributed by atoms with Crippen LogP contribution in [-0.2, 0) is 10.2 Å². The summed E-state index contributed by atoms with van der Waals surface area (Å²) in [5.74, 6) is 1.01. The van der Waals surface area contributed by atoms with Gasteiger partial charge in [0.25, 0.3) is 0 Å². The summed E-state index contributed by atoms with van der Waals surface area (Å²) in [6.45, 7) is 6.10. The van der Waals surface area contributed by atoms with E-state index in [1.165, 1.54) is 36.9 Å². The van der Waals surface area contributed by atoms with Gasteiger partial charge in [0.2, 0.25) is 5.91 Å². The van der Waals surface area contributed by atoms with Gasteiger partial charge in [-0.05, 0) is 24.5 Å². The Morgan fingerprint density at radius 2 is 1.88 bits per heavy atom. The van der Waals surface area contributed by atoms with Crippen molar-refractivity contribution in [3.8, 4) is 0 Å². The van der Waals surface area contributed by atoms with E-state index in [2.05, 4.69) is 44.8 Å². The molecule has 1 aromatic carbocycles. The summed E-state index contributed by atoms with van der Waals surface area (Å²) in [6, 6.07) is 8.75. The number of anilines is 1. The van der Waals surface area contributed by atoms with Gasteiger partial charge in [0.15, 0.2) is 5.96 Å². The molecule has 0 unspecified atom stereocenters. The Balaban J connectivity index is 1.67. The second-order valence-corrected chi connectivity index (χ2v) is 7.51. The van der Waals surface area contributed by atoms with Crippen molar-refractivity contribution >= 4 is 17.6 Å². The van der Waals surface area contributed by atoms with Gasteiger partial charge in [0.05, 0.1) is 0 Å². The summed E-state index contributed by atoms with van der Waals surface area (Å²) in [7, 11) is 1.83. The minimum absolute atomic E-state index is 0.0204. The number of rotatable bonds is 4. The summed E-state index contributed by atoms with van der Waals surface area (Å²) >= 11 is 0. The fraction of sp³-hybridized carbons (Fsp3) is 0.600. The van der Waals surface area contributed by atoms with E-state index in [1.54, 1.807) is 0 Å². The fourth-order valence-electron chi connectivity index (χ4n) is 4.16. The zero-order valence-corrected chi connectivity index (χ0v) is 15.6. The largest absolute Gasteiger partial charge is 0.354 e. The molecule has 136 valence electrons. The molecule has 0 radical (unpaired) electrons. The Bertz CT molecular complexity index is 647. The number of amides is 1. The number of aliphatic imine (C=N–C) groups is 1. The molecule has 5 heteroatoms. The molecule has 1 aromatic rings. The van der Waals surface area contributed by atoms with E-state index in [-0.39, 0.29) is 11.8 Å². The number of carbonyl (C=O) groups is 1. The summed E-state index contributed by atoms with van der Waals surface area (Å²) in [5.41, 5.74) is 3.05. The van der Waals surface area contributed by atoms with E-state index in [0.717, 1.165) is 12.5 Å². The summed E-state index contributed by atoms with van der Waals surface area (Å²) in [4.78, 5) is 18.5. The van der Waals surface area contributed by atoms with Crippen LogP contribution in [0.1, 0.15) is 45.1 Å². The molecule has 2 aliphatic rings. The minimum Gasteiger partial charge on any atom is -0.354 e. The van der Waals surface area contributed by atoms with E-state index in [1.807, 2.05) is 20.9 Å². The van der Waals surface area contributed by atoms with Crippen LogP contribution in [0.15, 0.2) is 29.3 Å². The van der Waals surface area contributed by atoms with Crippen molar-refractivity contribution in [2.75, 3.05) is 31.6 Å². The number of nitrogens with one attached hydrogen (secondary N) is 2. The van der Waals surface area contributed by atoms with Crippen molar-refractivity contribution in [2.45, 2.75) is 44.9 Å². The van der Waals surface area contributed by atoms with E-state index in [9.17, 15) is 4.79 Å². The Morgan fingerprint density at radius 1 is 1.20 bits per heavy atom. The van der Waals surface area contributed by atoms with Gasteiger partial charge in [0.1, 0.15) is 0 Å². The molecule has 0 aromatic heterocycles. The molecule has 1 saturated carbocycles. The first-order valence-corrected chi connectivity index (χ1v) is 9.43. The SMILES string of the molecule is CN=C(NCCNC(=O)C(C)C)N1CC2(CCCC2)c2ccccc21. The van der Waals surface area contributed by atoms with Crippen molar-refractivity contribution in [2.24, 2.45) is 10.9 Å². The lowest BCUT2D eigenvalue weighted by Gasteiger charge is -2.26. The van der Waals surface area contributed by atoms with Crippen molar-refractivity contribution in [3.63, 3.8) is 0 Å². The molecular weight excluding hydrogens is 312 g/mol. The predicted octanol–water partition coefficient (Wildman–Crippen LogP) is 2.67. The molecule has 2 N–H and O–H groups in total. The average molecular weight is 342 g/mol. The topological polar surface area (TPSA) is 56.7 Å². The molecule has 25 heavy (non-hydrogen) atoms. The number of fused-ring (bicyclic) bond motifs is 2. The smallest absolute Gasteiger partial charge is 0.222 e. The van der Waals surface area contributed by atoms with Crippen LogP contribution in [0, 0.1) is 5.92 Å². The van der Waals surface area contributed by atoms with Gasteiger partial charge in [0, 0.05) is 43.7 Å². The van der Waals surface area contributed by atoms with Gasteiger partial charge >= 0.3 is 0 Å². The zero-order chi connectivity index (χ0) is 17.9. The van der Waals surface area contributed by atoms with Gasteiger partial charge in [-0.1, -0.05) is 44.9 Å². The molecule has 1 spiro atoms. The van der Waals surface area contributed by atoms with Gasteiger partial charge in [-0.15, -0.1) is 0 Å². The maximum Gasteiger partial charge on any atom is 0.222 e. The molecule has 5 nitrogen and oxygen atoms in total. The quantitative estimate of drug-likeness (QED) is 0.502. The summed E-state index contributed by atoms with van der Waals surface area (Å²) < 4.78 is 0. The van der Waals surface area contributed by atoms with Crippen molar-refractivity contribution < 1.29 is 4.79 Å². The van der Waals surface area contributed by atoms with Crippen LogP contribution in [0.2, 0.25) is 0 Å². The maximum atomic E-state index is 11.7. The Morgan fingerprint density at radius 3 is 2.56 bits per heavy atom. The number of carbonyl (C=O) groups excluding carboxylic acids is 1. The molecule has 1 heterocycles. The summed E-state index contributed by atoms with van der Waals surface area (Å²) in [6.07, 6.45) is 5.16. The molecule has 0 atom stereocenters. The third-order valence-corrected chi connectivity index (χ3v) is 5.49. The van der Waals surface area contributed by atoms with Gasteiger partial charge in [-0.2, -0.15) is 0 Å². The highest BCUT2D eigenvalue weighted by molar-refractivity contribution is 5.98. The molecular formula is C20H30N4O. The number of hydrogen-bond acceptors (Lipinski definition) is 2. The normalized spacial score (nSPS) is 18.7. The van der Waals surface area contributed by atoms with Crippen LogP contribution in [0.5, 0.6) is 0 Å². The van der Waals surface area contributed by atoms with Crippen molar-refractivity contribution in [1.82, 2.24) is 10.6 Å². The van der Waals surface area contributed by atoms with Crippen molar-refractivity contribution in [3.05, 3.63) is 29.8 Å². The lowest BCUT2D eigenvalue weighted by atomic mass is 9.81. The molecule has 1 amide bonds. The summed E-state index contributed by atoms with van der Waals surface area (Å²) in [5, 5.41) is 6.36. The molecule has 0 saturated heterocycles. The van der Waals surface area contributed by atoms with Crippen LogP contribution in [0.25, 0.3) is 0 Å². The number of guanidine groups is 1. The van der Waals surface area contributed by atoms with E-state index in [4.69, 9.17) is 0 Å². The van der Waals surface area contributed by atoms with Crippen LogP contribution in [0.4, 0.5) is 5.69 Å². The van der Waals surface area contributed by atoms with Crippen LogP contribution >= 0.6 is 0 Å². The third kappa shape index (κ3) is 3.51. The number of para-hydroxylation sites is 1. The predicted molar refractivity (Wildman–Crippen MR) is 103 cm³/mol. The molecule has 1 fully saturated rings. The standard InChI is InChI=1S/C20H30N4O/c1-15(2)18(25)22-12-13-23-19(21-3)24-14-20(10-6-7-11-20)16-8-4-5-9-17(16)24/h4-5,8-9,15H,6-7,10-14H2,1-3H3,(H,21,23)(H,22,25). The van der Waals surface area contributed by atoms with E-state index >= 15 is 0 Å². The lowest BCUT2D eigenvalue weighted by molar-refractivity contribution is -0.123. The van der Waals surface area contributed by atoms with Gasteiger partial charge in [-0.3, -0.25) is 9.79 Å². The minimum atomic E-state index is 0.0204. The van der Waals surface area contributed by atoms with Gasteiger partial charge < -0.3 is 15.5 Å². The van der Waals surface area contributed by atoms with Gasteiger partial charge in [-0.25, -0.2) is 0 Å². The highest BCUT2D eigenvalue weighted by Gasteiger charge is 2.45. The zero-order valence-electron chi connectivity index (χ0n) is 15.6. The van der Waals surface area contributed by atoms with Crippen LogP contribution in [-0.4, -0.2) is 38.5 Å². The Labute approximate surface area is 150 Å².